The lowest BCUT2D eigenvalue weighted by molar-refractivity contribution is -0.118. The average molecular weight is 372 g/mol. The Balaban J connectivity index is 2.19. The summed E-state index contributed by atoms with van der Waals surface area (Å²) in [5, 5.41) is 18.1. The number of phenols is 1. The van der Waals surface area contributed by atoms with E-state index in [2.05, 4.69) is 20.9 Å². The van der Waals surface area contributed by atoms with Crippen molar-refractivity contribution in [1.29, 1.82) is 0 Å². The molecule has 1 heterocycles. The molecule has 0 spiro atoms. The lowest BCUT2D eigenvalue weighted by Gasteiger charge is -2.13. The van der Waals surface area contributed by atoms with E-state index in [-0.39, 0.29) is 17.6 Å². The third-order valence-corrected chi connectivity index (χ3v) is 3.66. The van der Waals surface area contributed by atoms with Crippen LogP contribution < -0.4 is 16.0 Å². The van der Waals surface area contributed by atoms with Gasteiger partial charge in [0.2, 0.25) is 5.91 Å². The summed E-state index contributed by atoms with van der Waals surface area (Å²) in [6.07, 6.45) is 0. The molecule has 0 aliphatic carbocycles. The Morgan fingerprint density at radius 1 is 1.11 bits per heavy atom. The van der Waals surface area contributed by atoms with Crippen LogP contribution in [0.15, 0.2) is 36.4 Å². The molecular formula is C19H24N4O4. The summed E-state index contributed by atoms with van der Waals surface area (Å²) in [5.41, 5.74) is 1.75. The van der Waals surface area contributed by atoms with Crippen LogP contribution in [0.1, 0.15) is 17.3 Å². The molecular weight excluding hydrogens is 348 g/mol. The predicted octanol–water partition coefficient (Wildman–Crippen LogP) is 1.38. The maximum atomic E-state index is 12.5. The van der Waals surface area contributed by atoms with Crippen LogP contribution >= 0.6 is 0 Å². The van der Waals surface area contributed by atoms with Gasteiger partial charge in [-0.05, 0) is 24.3 Å². The highest BCUT2D eigenvalue weighted by Gasteiger charge is 2.14. The Morgan fingerprint density at radius 2 is 1.89 bits per heavy atom. The monoisotopic (exact) mass is 372 g/mol. The first-order valence-corrected chi connectivity index (χ1v) is 8.57. The number of rotatable bonds is 9. The molecule has 144 valence electrons. The molecule has 8 heteroatoms. The summed E-state index contributed by atoms with van der Waals surface area (Å²) < 4.78 is 5.03. The van der Waals surface area contributed by atoms with Crippen molar-refractivity contribution in [1.82, 2.24) is 15.6 Å². The van der Waals surface area contributed by atoms with Crippen molar-refractivity contribution in [3.05, 3.63) is 42.0 Å². The highest BCUT2D eigenvalue weighted by atomic mass is 16.5. The van der Waals surface area contributed by atoms with E-state index in [1.54, 1.807) is 37.4 Å². The zero-order valence-electron chi connectivity index (χ0n) is 15.4. The Kier molecular flexibility index (Phi) is 7.57. The molecule has 0 saturated carbocycles. The number of amides is 2. The first-order chi connectivity index (χ1) is 13.0. The Hall–Kier alpha value is -3.13. The number of nitrogens with zero attached hydrogens (tertiary/aromatic N) is 1. The lowest BCUT2D eigenvalue weighted by Crippen LogP contribution is -2.34. The number of methoxy groups -OCH3 is 1. The number of benzene rings is 1. The third-order valence-electron chi connectivity index (χ3n) is 3.66. The second-order valence-corrected chi connectivity index (χ2v) is 5.80. The van der Waals surface area contributed by atoms with Crippen molar-refractivity contribution >= 4 is 17.6 Å². The van der Waals surface area contributed by atoms with Crippen molar-refractivity contribution in [3.8, 4) is 17.0 Å². The summed E-state index contributed by atoms with van der Waals surface area (Å²) in [5.74, 6) is 0.117. The van der Waals surface area contributed by atoms with E-state index in [1.807, 2.05) is 6.07 Å². The van der Waals surface area contributed by atoms with Gasteiger partial charge >= 0.3 is 0 Å². The molecule has 27 heavy (non-hydrogen) atoms. The second kappa shape index (κ2) is 10.1. The molecule has 0 bridgehead atoms. The number of ether oxygens (including phenoxy) is 1. The van der Waals surface area contributed by atoms with Gasteiger partial charge in [-0.25, -0.2) is 4.98 Å². The number of phenolic OH excluding ortho intramolecular Hbond substituents is 1. The zero-order valence-corrected chi connectivity index (χ0v) is 15.4. The Morgan fingerprint density at radius 3 is 2.59 bits per heavy atom. The number of carbonyl (C=O) groups is 2. The van der Waals surface area contributed by atoms with Gasteiger partial charge in [-0.1, -0.05) is 12.1 Å². The normalized spacial score (nSPS) is 10.3. The summed E-state index contributed by atoms with van der Waals surface area (Å²) in [6, 6.07) is 10.1. The molecule has 0 aliphatic heterocycles. The number of nitrogens with one attached hydrogen (secondary N) is 3. The van der Waals surface area contributed by atoms with Crippen LogP contribution in [0.4, 0.5) is 5.82 Å². The van der Waals surface area contributed by atoms with Gasteiger partial charge in [-0.2, -0.15) is 0 Å². The molecule has 0 saturated heterocycles. The number of hydrogen-bond acceptors (Lipinski definition) is 6. The van der Waals surface area contributed by atoms with Gasteiger partial charge in [-0.3, -0.25) is 9.59 Å². The van der Waals surface area contributed by atoms with Crippen LogP contribution in [0.5, 0.6) is 5.75 Å². The number of carbonyl (C=O) groups excluding carboxylic acids is 2. The van der Waals surface area contributed by atoms with Crippen LogP contribution in [0.3, 0.4) is 0 Å². The zero-order chi connectivity index (χ0) is 19.6. The fourth-order valence-corrected chi connectivity index (χ4v) is 2.38. The molecule has 2 rings (SSSR count). The number of aromatic nitrogens is 1. The second-order valence-electron chi connectivity index (χ2n) is 5.80. The molecule has 0 unspecified atom stereocenters. The van der Waals surface area contributed by atoms with E-state index in [9.17, 15) is 14.7 Å². The van der Waals surface area contributed by atoms with E-state index in [1.165, 1.54) is 6.92 Å². The smallest absolute Gasteiger partial charge is 0.255 e. The van der Waals surface area contributed by atoms with E-state index in [0.29, 0.717) is 43.3 Å². The quantitative estimate of drug-likeness (QED) is 0.495. The van der Waals surface area contributed by atoms with Gasteiger partial charge in [0.05, 0.1) is 17.9 Å². The topological polar surface area (TPSA) is 113 Å². The van der Waals surface area contributed by atoms with Crippen molar-refractivity contribution < 1.29 is 19.4 Å². The first-order valence-electron chi connectivity index (χ1n) is 8.57. The van der Waals surface area contributed by atoms with E-state index >= 15 is 0 Å². The standard InChI is InChI=1S/C19H24N4O4/c1-13(24)20-8-9-22-19(26)16-6-7-17(14-4-3-5-15(25)12-14)23-18(16)21-10-11-27-2/h3-7,12,25H,8-11H2,1-2H3,(H,20,24)(H,21,23)(H,22,26). The van der Waals surface area contributed by atoms with E-state index in [4.69, 9.17) is 4.74 Å². The molecule has 0 aliphatic rings. The highest BCUT2D eigenvalue weighted by molar-refractivity contribution is 5.99. The summed E-state index contributed by atoms with van der Waals surface area (Å²) in [7, 11) is 1.59. The Bertz CT molecular complexity index is 795. The molecule has 0 atom stereocenters. The van der Waals surface area contributed by atoms with Crippen molar-refractivity contribution in [2.24, 2.45) is 0 Å². The third kappa shape index (κ3) is 6.27. The summed E-state index contributed by atoms with van der Waals surface area (Å²) in [6.45, 7) is 3.02. The minimum atomic E-state index is -0.296. The molecule has 1 aromatic carbocycles. The number of hydrogen-bond donors (Lipinski definition) is 4. The van der Waals surface area contributed by atoms with E-state index in [0.717, 1.165) is 5.56 Å². The van der Waals surface area contributed by atoms with Gasteiger partial charge in [0, 0.05) is 39.2 Å². The molecule has 1 aromatic heterocycles. The molecule has 2 amide bonds. The molecule has 2 aromatic rings. The predicted molar refractivity (Wildman–Crippen MR) is 103 cm³/mol. The molecule has 8 nitrogen and oxygen atoms in total. The van der Waals surface area contributed by atoms with Crippen LogP contribution in [0, 0.1) is 0 Å². The number of pyridine rings is 1. The van der Waals surface area contributed by atoms with Crippen LogP contribution in [0.25, 0.3) is 11.3 Å². The maximum Gasteiger partial charge on any atom is 0.255 e. The fourth-order valence-electron chi connectivity index (χ4n) is 2.38. The lowest BCUT2D eigenvalue weighted by atomic mass is 10.1. The maximum absolute atomic E-state index is 12.5. The summed E-state index contributed by atoms with van der Waals surface area (Å²) in [4.78, 5) is 27.9. The fraction of sp³-hybridized carbons (Fsp3) is 0.316. The van der Waals surface area contributed by atoms with Gasteiger partial charge in [0.15, 0.2) is 0 Å². The van der Waals surface area contributed by atoms with Crippen LogP contribution in [-0.4, -0.2) is 55.3 Å². The van der Waals surface area contributed by atoms with Gasteiger partial charge < -0.3 is 25.8 Å². The average Bonchev–Trinajstić information content (AvgIpc) is 2.65. The van der Waals surface area contributed by atoms with Crippen molar-refractivity contribution in [2.75, 3.05) is 38.7 Å². The van der Waals surface area contributed by atoms with Crippen molar-refractivity contribution in [3.63, 3.8) is 0 Å². The van der Waals surface area contributed by atoms with Gasteiger partial charge in [-0.15, -0.1) is 0 Å². The molecule has 0 radical (unpaired) electrons. The van der Waals surface area contributed by atoms with Crippen LogP contribution in [0.2, 0.25) is 0 Å². The SMILES string of the molecule is COCCNc1nc(-c2cccc(O)c2)ccc1C(=O)NCCNC(C)=O. The van der Waals surface area contributed by atoms with Gasteiger partial charge in [0.1, 0.15) is 11.6 Å². The van der Waals surface area contributed by atoms with Crippen LogP contribution in [-0.2, 0) is 9.53 Å². The minimum Gasteiger partial charge on any atom is -0.508 e. The van der Waals surface area contributed by atoms with Crippen molar-refractivity contribution in [2.45, 2.75) is 6.92 Å². The van der Waals surface area contributed by atoms with Gasteiger partial charge in [0.25, 0.3) is 5.91 Å². The van der Waals surface area contributed by atoms with E-state index < -0.39 is 0 Å². The number of anilines is 1. The summed E-state index contributed by atoms with van der Waals surface area (Å²) >= 11 is 0. The molecule has 4 N–H and O–H groups in total. The minimum absolute atomic E-state index is 0.142. The Labute approximate surface area is 158 Å². The largest absolute Gasteiger partial charge is 0.508 e. The number of aromatic hydroxyl groups is 1. The molecule has 0 fully saturated rings. The highest BCUT2D eigenvalue weighted by Crippen LogP contribution is 2.24. The first kappa shape index (κ1) is 20.2.